The molecule has 29 heavy (non-hydrogen) atoms. The lowest BCUT2D eigenvalue weighted by Crippen LogP contribution is -2.45. The van der Waals surface area contributed by atoms with Crippen LogP contribution in [0.25, 0.3) is 0 Å². The molecule has 1 heterocycles. The average Bonchev–Trinajstić information content (AvgIpc) is 2.77. The topological polar surface area (TPSA) is 32.7 Å². The van der Waals surface area contributed by atoms with E-state index in [0.29, 0.717) is 6.42 Å². The van der Waals surface area contributed by atoms with Crippen molar-refractivity contribution in [1.82, 2.24) is 4.90 Å². The van der Waals surface area contributed by atoms with Crippen molar-refractivity contribution < 1.29 is 14.2 Å². The van der Waals surface area contributed by atoms with Crippen LogP contribution < -0.4 is 0 Å². The van der Waals surface area contributed by atoms with E-state index in [-0.39, 0.29) is 11.7 Å². The number of benzene rings is 2. The van der Waals surface area contributed by atoms with Crippen molar-refractivity contribution in [3.05, 3.63) is 71.5 Å². The minimum Gasteiger partial charge on any atom is -0.384 e. The van der Waals surface area contributed by atoms with Crippen LogP contribution in [0.15, 0.2) is 54.6 Å². The first-order valence-corrected chi connectivity index (χ1v) is 11.0. The average molecular weight is 400 g/mol. The highest BCUT2D eigenvalue weighted by atomic mass is 19.1. The molecule has 0 saturated carbocycles. The number of hydrogen-bond acceptors (Lipinski definition) is 3. The van der Waals surface area contributed by atoms with Crippen molar-refractivity contribution in [3.63, 3.8) is 0 Å². The van der Waals surface area contributed by atoms with Gasteiger partial charge in [-0.2, -0.15) is 0 Å². The van der Waals surface area contributed by atoms with Gasteiger partial charge in [0.05, 0.1) is 18.8 Å². The Hall–Kier alpha value is -1.75. The molecule has 0 aliphatic carbocycles. The predicted molar refractivity (Wildman–Crippen MR) is 115 cm³/mol. The zero-order valence-corrected chi connectivity index (χ0v) is 17.5. The Bertz CT molecular complexity index is 715. The number of nitrogens with zero attached hydrogens (tertiary/aromatic N) is 1. The van der Waals surface area contributed by atoms with Crippen molar-refractivity contribution in [2.45, 2.75) is 50.5 Å². The molecule has 0 amide bonds. The van der Waals surface area contributed by atoms with Gasteiger partial charge in [-0.05, 0) is 29.7 Å². The summed E-state index contributed by atoms with van der Waals surface area (Å²) >= 11 is 0. The second-order valence-corrected chi connectivity index (χ2v) is 8.12. The molecule has 3 rings (SSSR count). The highest BCUT2D eigenvalue weighted by Crippen LogP contribution is 2.42. The van der Waals surface area contributed by atoms with E-state index in [4.69, 9.17) is 4.74 Å². The summed E-state index contributed by atoms with van der Waals surface area (Å²) in [6.45, 7) is 6.16. The van der Waals surface area contributed by atoms with E-state index in [2.05, 4.69) is 24.0 Å². The number of aliphatic hydroxyl groups is 1. The van der Waals surface area contributed by atoms with Gasteiger partial charge in [-0.15, -0.1) is 0 Å². The Morgan fingerprint density at radius 1 is 1.00 bits per heavy atom. The van der Waals surface area contributed by atoms with Crippen LogP contribution in [0.4, 0.5) is 4.39 Å². The quantitative estimate of drug-likeness (QED) is 0.564. The standard InChI is InChI=1S/C25H34FNO2/c1-2-3-4-8-15-25(28,22-11-13-23(26)14-12-22)24(21-9-6-5-7-10-21)20-27-16-18-29-19-17-27/h5-7,9-14,24,28H,2-4,8,15-20H2,1H3. The third-order valence-electron chi connectivity index (χ3n) is 6.08. The number of halogens is 1. The molecule has 0 spiro atoms. The highest BCUT2D eigenvalue weighted by molar-refractivity contribution is 5.32. The first-order chi connectivity index (χ1) is 14.1. The maximum absolute atomic E-state index is 13.6. The van der Waals surface area contributed by atoms with Gasteiger partial charge >= 0.3 is 0 Å². The van der Waals surface area contributed by atoms with Crippen molar-refractivity contribution in [2.24, 2.45) is 0 Å². The molecule has 0 radical (unpaired) electrons. The van der Waals surface area contributed by atoms with Crippen LogP contribution >= 0.6 is 0 Å². The zero-order chi connectivity index (χ0) is 20.5. The van der Waals surface area contributed by atoms with Crippen LogP contribution in [0.5, 0.6) is 0 Å². The van der Waals surface area contributed by atoms with Crippen LogP contribution in [0.1, 0.15) is 56.1 Å². The van der Waals surface area contributed by atoms with E-state index in [0.717, 1.165) is 63.2 Å². The Kier molecular flexibility index (Phi) is 8.22. The fourth-order valence-corrected chi connectivity index (χ4v) is 4.34. The Morgan fingerprint density at radius 3 is 2.34 bits per heavy atom. The summed E-state index contributed by atoms with van der Waals surface area (Å²) in [6.07, 6.45) is 5.04. The lowest BCUT2D eigenvalue weighted by Gasteiger charge is -2.41. The van der Waals surface area contributed by atoms with Gasteiger partial charge in [-0.3, -0.25) is 4.90 Å². The Morgan fingerprint density at radius 2 is 1.69 bits per heavy atom. The lowest BCUT2D eigenvalue weighted by molar-refractivity contribution is -0.0296. The van der Waals surface area contributed by atoms with Gasteiger partial charge in [0.1, 0.15) is 5.82 Å². The largest absolute Gasteiger partial charge is 0.384 e. The van der Waals surface area contributed by atoms with E-state index in [1.54, 1.807) is 12.1 Å². The molecule has 0 aromatic heterocycles. The summed E-state index contributed by atoms with van der Waals surface area (Å²) in [6, 6.07) is 16.7. The molecule has 1 N–H and O–H groups in total. The number of ether oxygens (including phenoxy) is 1. The van der Waals surface area contributed by atoms with E-state index in [9.17, 15) is 9.50 Å². The first kappa shape index (κ1) is 21.9. The molecule has 2 aromatic carbocycles. The number of morpholine rings is 1. The van der Waals surface area contributed by atoms with E-state index in [1.165, 1.54) is 18.6 Å². The molecule has 3 nitrogen and oxygen atoms in total. The summed E-state index contributed by atoms with van der Waals surface area (Å²) in [5, 5.41) is 12.1. The third kappa shape index (κ3) is 5.88. The fraction of sp³-hybridized carbons (Fsp3) is 0.520. The van der Waals surface area contributed by atoms with E-state index >= 15 is 0 Å². The van der Waals surface area contributed by atoms with Gasteiger partial charge < -0.3 is 9.84 Å². The van der Waals surface area contributed by atoms with Gasteiger partial charge in [0.25, 0.3) is 0 Å². The van der Waals surface area contributed by atoms with Gasteiger partial charge in [0, 0.05) is 25.6 Å². The van der Waals surface area contributed by atoms with Gasteiger partial charge in [-0.1, -0.05) is 75.1 Å². The molecule has 0 bridgehead atoms. The molecule has 158 valence electrons. The number of rotatable bonds is 10. The van der Waals surface area contributed by atoms with Gasteiger partial charge in [-0.25, -0.2) is 4.39 Å². The van der Waals surface area contributed by atoms with Crippen LogP contribution in [-0.4, -0.2) is 42.9 Å². The van der Waals surface area contributed by atoms with Crippen LogP contribution in [-0.2, 0) is 10.3 Å². The summed E-state index contributed by atoms with van der Waals surface area (Å²) in [4.78, 5) is 2.38. The first-order valence-electron chi connectivity index (χ1n) is 11.0. The van der Waals surface area contributed by atoms with Crippen molar-refractivity contribution >= 4 is 0 Å². The maximum atomic E-state index is 13.6. The van der Waals surface area contributed by atoms with Gasteiger partial charge in [0.2, 0.25) is 0 Å². The Balaban J connectivity index is 1.94. The van der Waals surface area contributed by atoms with Crippen molar-refractivity contribution in [3.8, 4) is 0 Å². The number of hydrogen-bond donors (Lipinski definition) is 1. The summed E-state index contributed by atoms with van der Waals surface area (Å²) in [5.74, 6) is -0.361. The summed E-state index contributed by atoms with van der Waals surface area (Å²) in [7, 11) is 0. The Labute approximate surface area is 174 Å². The van der Waals surface area contributed by atoms with E-state index < -0.39 is 5.60 Å². The molecule has 1 aliphatic rings. The van der Waals surface area contributed by atoms with Crippen LogP contribution in [0, 0.1) is 5.82 Å². The SMILES string of the molecule is CCCCCCC(O)(c1ccc(F)cc1)C(CN1CCOCC1)c1ccccc1. The molecular weight excluding hydrogens is 365 g/mol. The van der Waals surface area contributed by atoms with Crippen LogP contribution in [0.2, 0.25) is 0 Å². The molecule has 1 saturated heterocycles. The predicted octanol–water partition coefficient (Wildman–Crippen LogP) is 5.10. The number of unbranched alkanes of at least 4 members (excludes halogenated alkanes) is 3. The molecule has 2 atom stereocenters. The summed E-state index contributed by atoms with van der Waals surface area (Å²) in [5.41, 5.74) is 0.889. The molecule has 1 aliphatic heterocycles. The molecular formula is C25H34FNO2. The maximum Gasteiger partial charge on any atom is 0.123 e. The van der Waals surface area contributed by atoms with Crippen molar-refractivity contribution in [2.75, 3.05) is 32.8 Å². The third-order valence-corrected chi connectivity index (χ3v) is 6.08. The monoisotopic (exact) mass is 399 g/mol. The van der Waals surface area contributed by atoms with Gasteiger partial charge in [0.15, 0.2) is 0 Å². The minimum atomic E-state index is -1.04. The van der Waals surface area contributed by atoms with Crippen LogP contribution in [0.3, 0.4) is 0 Å². The molecule has 4 heteroatoms. The second-order valence-electron chi connectivity index (χ2n) is 8.12. The zero-order valence-electron chi connectivity index (χ0n) is 17.5. The highest BCUT2D eigenvalue weighted by Gasteiger charge is 2.40. The minimum absolute atomic E-state index is 0.0890. The summed E-state index contributed by atoms with van der Waals surface area (Å²) < 4.78 is 19.1. The lowest BCUT2D eigenvalue weighted by atomic mass is 9.74. The molecule has 1 fully saturated rings. The fourth-order valence-electron chi connectivity index (χ4n) is 4.34. The normalized spacial score (nSPS) is 18.3. The van der Waals surface area contributed by atoms with E-state index in [1.807, 2.05) is 18.2 Å². The smallest absolute Gasteiger partial charge is 0.123 e. The molecule has 2 unspecified atom stereocenters. The molecule has 2 aromatic rings. The second kappa shape index (κ2) is 10.9. The van der Waals surface area contributed by atoms with Crippen molar-refractivity contribution in [1.29, 1.82) is 0 Å².